The topological polar surface area (TPSA) is 78.7 Å². The van der Waals surface area contributed by atoms with Crippen LogP contribution in [0.3, 0.4) is 0 Å². The molecule has 0 radical (unpaired) electrons. The van der Waals surface area contributed by atoms with E-state index in [-0.39, 0.29) is 30.5 Å². The normalized spacial score (nSPS) is 10.3. The molecule has 3 aromatic carbocycles. The van der Waals surface area contributed by atoms with E-state index in [1.807, 2.05) is 0 Å². The highest BCUT2D eigenvalue weighted by Crippen LogP contribution is 2.18. The Bertz CT molecular complexity index is 954. The lowest BCUT2D eigenvalue weighted by molar-refractivity contribution is -0.384. The largest absolute Gasteiger partial charge is 0.489 e. The number of halogens is 1. The smallest absolute Gasteiger partial charge is 0.269 e. The zero-order chi connectivity index (χ0) is 19.9. The lowest BCUT2D eigenvalue weighted by Crippen LogP contribution is -2.11. The molecule has 28 heavy (non-hydrogen) atoms. The zero-order valence-corrected chi connectivity index (χ0v) is 14.7. The highest BCUT2D eigenvalue weighted by Gasteiger charge is 2.09. The fraction of sp³-hybridized carbons (Fsp3) is 0.0952. The molecule has 0 saturated heterocycles. The second-order valence-corrected chi connectivity index (χ2v) is 5.90. The van der Waals surface area contributed by atoms with Gasteiger partial charge in [-0.2, -0.15) is 0 Å². The number of nitro benzene ring substituents is 1. The van der Waals surface area contributed by atoms with Crippen molar-refractivity contribution < 1.29 is 23.6 Å². The Morgan fingerprint density at radius 3 is 2.04 bits per heavy atom. The molecular weight excluding hydrogens is 365 g/mol. The highest BCUT2D eigenvalue weighted by molar-refractivity contribution is 5.97. The number of nitrogens with zero attached hydrogens (tertiary/aromatic N) is 1. The van der Waals surface area contributed by atoms with E-state index >= 15 is 0 Å². The maximum atomic E-state index is 12.9. The molecule has 0 N–H and O–H groups in total. The van der Waals surface area contributed by atoms with Gasteiger partial charge in [-0.3, -0.25) is 14.9 Å². The van der Waals surface area contributed by atoms with Gasteiger partial charge in [-0.1, -0.05) is 12.1 Å². The number of hydrogen-bond acceptors (Lipinski definition) is 5. The second-order valence-electron chi connectivity index (χ2n) is 5.90. The van der Waals surface area contributed by atoms with Crippen molar-refractivity contribution in [1.29, 1.82) is 0 Å². The Morgan fingerprint density at radius 2 is 1.43 bits per heavy atom. The molecule has 6 nitrogen and oxygen atoms in total. The minimum absolute atomic E-state index is 0.0464. The molecule has 0 amide bonds. The molecule has 0 atom stereocenters. The van der Waals surface area contributed by atoms with Gasteiger partial charge < -0.3 is 9.47 Å². The average Bonchev–Trinajstić information content (AvgIpc) is 2.72. The molecule has 0 heterocycles. The van der Waals surface area contributed by atoms with Gasteiger partial charge in [0.1, 0.15) is 23.9 Å². The van der Waals surface area contributed by atoms with E-state index in [2.05, 4.69) is 0 Å². The first-order valence-corrected chi connectivity index (χ1v) is 8.39. The minimum atomic E-state index is -0.505. The first-order chi connectivity index (χ1) is 13.5. The van der Waals surface area contributed by atoms with E-state index in [9.17, 15) is 19.3 Å². The second kappa shape index (κ2) is 8.77. The van der Waals surface area contributed by atoms with Crippen LogP contribution in [0.1, 0.15) is 15.9 Å². The minimum Gasteiger partial charge on any atom is -0.489 e. The van der Waals surface area contributed by atoms with Crippen molar-refractivity contribution in [2.45, 2.75) is 6.61 Å². The summed E-state index contributed by atoms with van der Waals surface area (Å²) in [4.78, 5) is 22.3. The van der Waals surface area contributed by atoms with Crippen LogP contribution in [-0.4, -0.2) is 17.3 Å². The number of Topliss-reactive ketones (excluding diaryl/α,β-unsaturated/α-hetero) is 1. The van der Waals surface area contributed by atoms with Crippen LogP contribution in [0.2, 0.25) is 0 Å². The van der Waals surface area contributed by atoms with Crippen molar-refractivity contribution in [1.82, 2.24) is 0 Å². The van der Waals surface area contributed by atoms with Crippen molar-refractivity contribution in [2.75, 3.05) is 6.61 Å². The summed E-state index contributed by atoms with van der Waals surface area (Å²) < 4.78 is 23.9. The standard InChI is InChI=1S/C21H16FNO5/c22-17-5-1-15(2-6-17)13-27-19-9-3-16(4-10-19)21(24)14-28-20-11-7-18(8-12-20)23(25)26/h1-12H,13-14H2. The molecule has 0 bridgehead atoms. The van der Waals surface area contributed by atoms with Crippen LogP contribution in [-0.2, 0) is 6.61 Å². The predicted molar refractivity (Wildman–Crippen MR) is 100 cm³/mol. The van der Waals surface area contributed by atoms with Gasteiger partial charge in [0, 0.05) is 17.7 Å². The van der Waals surface area contributed by atoms with Gasteiger partial charge in [0.25, 0.3) is 5.69 Å². The monoisotopic (exact) mass is 381 g/mol. The molecule has 0 unspecified atom stereocenters. The van der Waals surface area contributed by atoms with Crippen molar-refractivity contribution in [3.05, 3.63) is 99.9 Å². The quantitative estimate of drug-likeness (QED) is 0.324. The first kappa shape index (κ1) is 19.0. The summed E-state index contributed by atoms with van der Waals surface area (Å²) in [5.41, 5.74) is 1.24. The molecule has 0 aromatic heterocycles. The SMILES string of the molecule is O=C(COc1ccc([N+](=O)[O-])cc1)c1ccc(OCc2ccc(F)cc2)cc1. The van der Waals surface area contributed by atoms with Crippen LogP contribution in [0.5, 0.6) is 11.5 Å². The first-order valence-electron chi connectivity index (χ1n) is 8.39. The van der Waals surface area contributed by atoms with Crippen LogP contribution < -0.4 is 9.47 Å². The summed E-state index contributed by atoms with van der Waals surface area (Å²) in [6, 6.07) is 18.1. The Morgan fingerprint density at radius 1 is 0.857 bits per heavy atom. The van der Waals surface area contributed by atoms with Crippen LogP contribution in [0.4, 0.5) is 10.1 Å². The number of carbonyl (C=O) groups is 1. The molecule has 3 aromatic rings. The molecule has 3 rings (SSSR count). The van der Waals surface area contributed by atoms with Crippen molar-refractivity contribution >= 4 is 11.5 Å². The van der Waals surface area contributed by atoms with E-state index in [4.69, 9.17) is 9.47 Å². The van der Waals surface area contributed by atoms with E-state index < -0.39 is 4.92 Å². The Kier molecular flexibility index (Phi) is 5.96. The summed E-state index contributed by atoms with van der Waals surface area (Å²) in [5, 5.41) is 10.6. The number of non-ortho nitro benzene ring substituents is 1. The van der Waals surface area contributed by atoms with Crippen LogP contribution in [0.25, 0.3) is 0 Å². The Labute approximate surface area is 160 Å². The number of rotatable bonds is 8. The fourth-order valence-corrected chi connectivity index (χ4v) is 2.38. The predicted octanol–water partition coefficient (Wildman–Crippen LogP) is 4.57. The molecule has 0 spiro atoms. The molecular formula is C21H16FNO5. The lowest BCUT2D eigenvalue weighted by atomic mass is 10.1. The summed E-state index contributed by atoms with van der Waals surface area (Å²) >= 11 is 0. The van der Waals surface area contributed by atoms with Gasteiger partial charge in [-0.15, -0.1) is 0 Å². The summed E-state index contributed by atoms with van der Waals surface area (Å²) in [7, 11) is 0. The summed E-state index contributed by atoms with van der Waals surface area (Å²) in [5.74, 6) is 0.418. The molecule has 0 saturated carbocycles. The maximum Gasteiger partial charge on any atom is 0.269 e. The number of carbonyl (C=O) groups excluding carboxylic acids is 1. The zero-order valence-electron chi connectivity index (χ0n) is 14.7. The molecule has 142 valence electrons. The molecule has 0 aliphatic carbocycles. The third-order valence-electron chi connectivity index (χ3n) is 3.91. The van der Waals surface area contributed by atoms with E-state index in [0.29, 0.717) is 17.1 Å². The molecule has 7 heteroatoms. The van der Waals surface area contributed by atoms with E-state index in [0.717, 1.165) is 5.56 Å². The molecule has 0 aliphatic heterocycles. The number of nitro groups is 1. The average molecular weight is 381 g/mol. The maximum absolute atomic E-state index is 12.9. The number of ether oxygens (including phenoxy) is 2. The Hall–Kier alpha value is -3.74. The summed E-state index contributed by atoms with van der Waals surface area (Å²) in [6.45, 7) is 0.102. The lowest BCUT2D eigenvalue weighted by Gasteiger charge is -2.08. The van der Waals surface area contributed by atoms with E-state index in [1.165, 1.54) is 36.4 Å². The van der Waals surface area contributed by atoms with Gasteiger partial charge in [-0.25, -0.2) is 4.39 Å². The third kappa shape index (κ3) is 5.14. The van der Waals surface area contributed by atoms with Crippen LogP contribution in [0.15, 0.2) is 72.8 Å². The van der Waals surface area contributed by atoms with Gasteiger partial charge in [-0.05, 0) is 54.1 Å². The van der Waals surface area contributed by atoms with Gasteiger partial charge >= 0.3 is 0 Å². The Balaban J connectivity index is 1.51. The van der Waals surface area contributed by atoms with Gasteiger partial charge in [0.15, 0.2) is 12.4 Å². The van der Waals surface area contributed by atoms with Gasteiger partial charge in [0.05, 0.1) is 4.92 Å². The van der Waals surface area contributed by atoms with Crippen LogP contribution >= 0.6 is 0 Å². The summed E-state index contributed by atoms with van der Waals surface area (Å²) in [6.07, 6.45) is 0. The van der Waals surface area contributed by atoms with Crippen molar-refractivity contribution in [2.24, 2.45) is 0 Å². The van der Waals surface area contributed by atoms with Crippen molar-refractivity contribution in [3.63, 3.8) is 0 Å². The van der Waals surface area contributed by atoms with E-state index in [1.54, 1.807) is 36.4 Å². The van der Waals surface area contributed by atoms with Crippen LogP contribution in [0, 0.1) is 15.9 Å². The number of benzene rings is 3. The molecule has 0 fully saturated rings. The van der Waals surface area contributed by atoms with Crippen molar-refractivity contribution in [3.8, 4) is 11.5 Å². The highest BCUT2D eigenvalue weighted by atomic mass is 19.1. The number of hydrogen-bond donors (Lipinski definition) is 0. The fourth-order valence-electron chi connectivity index (χ4n) is 2.38. The van der Waals surface area contributed by atoms with Gasteiger partial charge in [0.2, 0.25) is 0 Å². The molecule has 0 aliphatic rings. The number of ketones is 1. The third-order valence-corrected chi connectivity index (χ3v) is 3.91.